The van der Waals surface area contributed by atoms with Crippen LogP contribution in [-0.2, 0) is 11.3 Å². The number of ether oxygens (including phenoxy) is 1. The Labute approximate surface area is 132 Å². The van der Waals surface area contributed by atoms with Crippen LogP contribution in [-0.4, -0.2) is 13.2 Å². The van der Waals surface area contributed by atoms with Crippen LogP contribution in [0.15, 0.2) is 59.8 Å². The molecule has 0 amide bonds. The first-order chi connectivity index (χ1) is 10.9. The third-order valence-corrected chi connectivity index (χ3v) is 3.79. The van der Waals surface area contributed by atoms with Gasteiger partial charge in [0.05, 0.1) is 13.2 Å². The molecule has 0 spiro atoms. The maximum atomic E-state index is 10.1. The van der Waals surface area contributed by atoms with Gasteiger partial charge in [0, 0.05) is 5.92 Å². The van der Waals surface area contributed by atoms with Gasteiger partial charge in [0.1, 0.15) is 6.54 Å². The summed E-state index contributed by atoms with van der Waals surface area (Å²) in [6.45, 7) is 3.32. The van der Waals surface area contributed by atoms with Crippen LogP contribution in [0.3, 0.4) is 0 Å². The van der Waals surface area contributed by atoms with Crippen molar-refractivity contribution in [3.05, 3.63) is 76.2 Å². The minimum Gasteiger partial charge on any atom is -0.375 e. The highest BCUT2D eigenvalue weighted by Crippen LogP contribution is 2.31. The topological polar surface area (TPSA) is 38.7 Å². The zero-order valence-corrected chi connectivity index (χ0v) is 13.1. The molecule has 0 heterocycles. The number of rotatable bonds is 9. The first-order valence-corrected chi connectivity index (χ1v) is 7.86. The molecule has 1 unspecified atom stereocenters. The molecule has 0 aliphatic rings. The molecule has 0 saturated heterocycles. The van der Waals surface area contributed by atoms with E-state index in [-0.39, 0.29) is 6.54 Å². The molecule has 0 aliphatic heterocycles. The fourth-order valence-corrected chi connectivity index (χ4v) is 2.77. The predicted octanol–water partition coefficient (Wildman–Crippen LogP) is 4.90. The average molecular weight is 297 g/mol. The highest BCUT2D eigenvalue weighted by Gasteiger charge is 2.16. The summed E-state index contributed by atoms with van der Waals surface area (Å²) in [5.41, 5.74) is 3.84. The second-order valence-corrected chi connectivity index (χ2v) is 5.36. The minimum atomic E-state index is 0.208. The zero-order chi connectivity index (χ0) is 15.6. The van der Waals surface area contributed by atoms with E-state index in [2.05, 4.69) is 54.6 Å². The lowest BCUT2D eigenvalue weighted by atomic mass is 9.85. The van der Waals surface area contributed by atoms with Gasteiger partial charge in [-0.25, -0.2) is 0 Å². The molecule has 22 heavy (non-hydrogen) atoms. The third-order valence-electron chi connectivity index (χ3n) is 3.79. The highest BCUT2D eigenvalue weighted by molar-refractivity contribution is 5.37. The Hall–Kier alpha value is -2.00. The lowest BCUT2D eigenvalue weighted by Crippen LogP contribution is -2.07. The first kappa shape index (κ1) is 16.4. The van der Waals surface area contributed by atoms with Gasteiger partial charge in [0.2, 0.25) is 0 Å². The number of nitroso groups, excluding NO2 is 1. The van der Waals surface area contributed by atoms with Crippen LogP contribution in [0.5, 0.6) is 0 Å². The van der Waals surface area contributed by atoms with Gasteiger partial charge in [-0.15, -0.1) is 0 Å². The maximum absolute atomic E-state index is 10.1. The Balaban J connectivity index is 2.22. The van der Waals surface area contributed by atoms with E-state index < -0.39 is 0 Å². The van der Waals surface area contributed by atoms with Crippen molar-refractivity contribution in [1.82, 2.24) is 0 Å². The monoisotopic (exact) mass is 297 g/mol. The van der Waals surface area contributed by atoms with E-state index >= 15 is 0 Å². The molecule has 2 rings (SSSR count). The number of hydrogen-bond donors (Lipinski definition) is 0. The molecule has 2 aromatic carbocycles. The molecular formula is C19H23NO2. The standard InChI is InChI=1S/C19H23NO2/c1-2-8-18(16-9-4-3-5-10-16)19-12-7-6-11-17(19)15-22-14-13-20-21/h3-7,9-12,18H,2,8,13-15H2,1H3. The molecule has 0 radical (unpaired) electrons. The van der Waals surface area contributed by atoms with Gasteiger partial charge in [-0.2, -0.15) is 4.91 Å². The van der Waals surface area contributed by atoms with E-state index in [4.69, 9.17) is 4.74 Å². The summed E-state index contributed by atoms with van der Waals surface area (Å²) in [7, 11) is 0. The summed E-state index contributed by atoms with van der Waals surface area (Å²) in [4.78, 5) is 10.1. The minimum absolute atomic E-state index is 0.208. The highest BCUT2D eigenvalue weighted by atomic mass is 16.5. The molecule has 0 fully saturated rings. The smallest absolute Gasteiger partial charge is 0.104 e. The molecule has 0 aromatic heterocycles. The molecule has 0 N–H and O–H groups in total. The van der Waals surface area contributed by atoms with Gasteiger partial charge in [-0.1, -0.05) is 73.1 Å². The zero-order valence-electron chi connectivity index (χ0n) is 13.1. The van der Waals surface area contributed by atoms with Crippen molar-refractivity contribution in [2.45, 2.75) is 32.3 Å². The summed E-state index contributed by atoms with van der Waals surface area (Å²) >= 11 is 0. The lowest BCUT2D eigenvalue weighted by molar-refractivity contribution is 0.127. The lowest BCUT2D eigenvalue weighted by Gasteiger charge is -2.21. The predicted molar refractivity (Wildman–Crippen MR) is 90.0 cm³/mol. The number of nitrogens with zero attached hydrogens (tertiary/aromatic N) is 1. The van der Waals surface area contributed by atoms with Crippen LogP contribution in [0.25, 0.3) is 0 Å². The van der Waals surface area contributed by atoms with Crippen molar-refractivity contribution in [3.8, 4) is 0 Å². The second-order valence-electron chi connectivity index (χ2n) is 5.36. The quantitative estimate of drug-likeness (QED) is 0.487. The third kappa shape index (κ3) is 4.50. The summed E-state index contributed by atoms with van der Waals surface area (Å²) < 4.78 is 5.57. The van der Waals surface area contributed by atoms with Gasteiger partial charge in [0.15, 0.2) is 0 Å². The van der Waals surface area contributed by atoms with E-state index in [1.165, 1.54) is 16.7 Å². The Kier molecular flexibility index (Phi) is 6.78. The van der Waals surface area contributed by atoms with Gasteiger partial charge in [0.25, 0.3) is 0 Å². The molecule has 1 atom stereocenters. The fraction of sp³-hybridized carbons (Fsp3) is 0.368. The summed E-state index contributed by atoms with van der Waals surface area (Å²) in [6, 6.07) is 19.0. The molecule has 3 nitrogen and oxygen atoms in total. The van der Waals surface area contributed by atoms with Crippen molar-refractivity contribution < 1.29 is 4.74 Å². The number of hydrogen-bond acceptors (Lipinski definition) is 3. The van der Waals surface area contributed by atoms with Crippen LogP contribution in [0.2, 0.25) is 0 Å². The van der Waals surface area contributed by atoms with Crippen LogP contribution in [0, 0.1) is 4.91 Å². The van der Waals surface area contributed by atoms with Crippen molar-refractivity contribution in [3.63, 3.8) is 0 Å². The molecule has 0 saturated carbocycles. The van der Waals surface area contributed by atoms with Crippen LogP contribution < -0.4 is 0 Å². The van der Waals surface area contributed by atoms with Crippen molar-refractivity contribution in [2.75, 3.05) is 13.2 Å². The van der Waals surface area contributed by atoms with E-state index in [9.17, 15) is 4.91 Å². The Morgan fingerprint density at radius 3 is 2.50 bits per heavy atom. The van der Waals surface area contributed by atoms with Crippen molar-refractivity contribution in [1.29, 1.82) is 0 Å². The van der Waals surface area contributed by atoms with Crippen LogP contribution in [0.1, 0.15) is 42.4 Å². The van der Waals surface area contributed by atoms with Gasteiger partial charge < -0.3 is 4.74 Å². The summed E-state index contributed by atoms with van der Waals surface area (Å²) in [5.74, 6) is 0.384. The summed E-state index contributed by atoms with van der Waals surface area (Å²) in [6.07, 6.45) is 2.24. The van der Waals surface area contributed by atoms with Crippen LogP contribution >= 0.6 is 0 Å². The largest absolute Gasteiger partial charge is 0.375 e. The van der Waals surface area contributed by atoms with Crippen molar-refractivity contribution >= 4 is 0 Å². The molecular weight excluding hydrogens is 274 g/mol. The Morgan fingerprint density at radius 1 is 1.05 bits per heavy atom. The fourth-order valence-electron chi connectivity index (χ4n) is 2.77. The molecule has 2 aromatic rings. The maximum Gasteiger partial charge on any atom is 0.104 e. The van der Waals surface area contributed by atoms with E-state index in [1.54, 1.807) is 0 Å². The molecule has 3 heteroatoms. The van der Waals surface area contributed by atoms with E-state index in [0.29, 0.717) is 19.1 Å². The molecule has 116 valence electrons. The van der Waals surface area contributed by atoms with Gasteiger partial charge in [-0.3, -0.25) is 0 Å². The molecule has 0 aliphatic carbocycles. The van der Waals surface area contributed by atoms with E-state index in [1.807, 2.05) is 12.1 Å². The van der Waals surface area contributed by atoms with E-state index in [0.717, 1.165) is 12.8 Å². The normalized spacial score (nSPS) is 12.0. The molecule has 0 bridgehead atoms. The van der Waals surface area contributed by atoms with Gasteiger partial charge >= 0.3 is 0 Å². The average Bonchev–Trinajstić information content (AvgIpc) is 2.58. The Morgan fingerprint density at radius 2 is 1.77 bits per heavy atom. The number of benzene rings is 2. The summed E-state index contributed by atoms with van der Waals surface area (Å²) in [5, 5.41) is 2.83. The van der Waals surface area contributed by atoms with Crippen molar-refractivity contribution in [2.24, 2.45) is 5.18 Å². The van der Waals surface area contributed by atoms with Crippen LogP contribution in [0.4, 0.5) is 0 Å². The second kappa shape index (κ2) is 9.11. The Bertz CT molecular complexity index is 569. The SMILES string of the molecule is CCCC(c1ccccc1)c1ccccc1COCCN=O. The van der Waals surface area contributed by atoms with Gasteiger partial charge in [-0.05, 0) is 23.1 Å². The first-order valence-electron chi connectivity index (χ1n) is 7.86.